The minimum Gasteiger partial charge on any atom is -0.383 e. The Hall–Kier alpha value is -1.88. The first-order chi connectivity index (χ1) is 11.1. The number of aliphatic imine (C=N–C) groups is 1. The Morgan fingerprint density at radius 2 is 2.00 bits per heavy atom. The normalized spacial score (nSPS) is 10.8. The molecule has 2 aromatic rings. The van der Waals surface area contributed by atoms with E-state index in [0.717, 1.165) is 12.1 Å². The second-order valence-corrected chi connectivity index (χ2v) is 5.79. The van der Waals surface area contributed by atoms with Gasteiger partial charge in [0.05, 0.1) is 4.92 Å². The second kappa shape index (κ2) is 10.8. The first-order valence-electron chi connectivity index (χ1n) is 7.19. The third-order valence-corrected chi connectivity index (χ3v) is 3.99. The van der Waals surface area contributed by atoms with Gasteiger partial charge >= 0.3 is 0 Å². The van der Waals surface area contributed by atoms with Gasteiger partial charge in [-0.05, 0) is 23.6 Å². The summed E-state index contributed by atoms with van der Waals surface area (Å²) in [5, 5.41) is 18.8. The molecule has 130 valence electrons. The number of rotatable bonds is 8. The van der Waals surface area contributed by atoms with E-state index in [1.165, 1.54) is 17.0 Å². The van der Waals surface area contributed by atoms with Crippen LogP contribution >= 0.6 is 35.3 Å². The number of nitrogens with zero attached hydrogens (tertiary/aromatic N) is 2. The zero-order valence-electron chi connectivity index (χ0n) is 13.0. The van der Waals surface area contributed by atoms with E-state index >= 15 is 0 Å². The van der Waals surface area contributed by atoms with Crippen LogP contribution in [0.2, 0.25) is 0 Å². The molecule has 0 saturated carbocycles. The van der Waals surface area contributed by atoms with Gasteiger partial charge in [-0.25, -0.2) is 0 Å². The molecule has 0 aliphatic rings. The van der Waals surface area contributed by atoms with Crippen molar-refractivity contribution in [1.29, 1.82) is 0 Å². The van der Waals surface area contributed by atoms with Gasteiger partial charge in [0.1, 0.15) is 0 Å². The third kappa shape index (κ3) is 7.13. The van der Waals surface area contributed by atoms with E-state index in [1.54, 1.807) is 23.5 Å². The second-order valence-electron chi connectivity index (χ2n) is 4.75. The minimum absolute atomic E-state index is 0. The van der Waals surface area contributed by atoms with Crippen molar-refractivity contribution in [2.45, 2.75) is 6.42 Å². The van der Waals surface area contributed by atoms with E-state index < -0.39 is 4.92 Å². The SMILES string of the molecule is I.NC(=NCCc1cccs1)NCCNc1ccc([N+](=O)[O-])cc1. The summed E-state index contributed by atoms with van der Waals surface area (Å²) in [5.74, 6) is 0.423. The molecular weight excluding hydrogens is 441 g/mol. The zero-order valence-corrected chi connectivity index (χ0v) is 16.1. The average Bonchev–Trinajstić information content (AvgIpc) is 3.05. The molecule has 0 radical (unpaired) electrons. The number of halogens is 1. The predicted molar refractivity (Wildman–Crippen MR) is 110 cm³/mol. The largest absolute Gasteiger partial charge is 0.383 e. The molecule has 0 fully saturated rings. The van der Waals surface area contributed by atoms with Crippen LogP contribution in [0.5, 0.6) is 0 Å². The van der Waals surface area contributed by atoms with Crippen molar-refractivity contribution in [3.8, 4) is 0 Å². The number of anilines is 1. The van der Waals surface area contributed by atoms with Gasteiger partial charge in [-0.3, -0.25) is 15.1 Å². The van der Waals surface area contributed by atoms with Crippen LogP contribution in [0, 0.1) is 10.1 Å². The van der Waals surface area contributed by atoms with E-state index in [1.807, 2.05) is 11.4 Å². The fraction of sp³-hybridized carbons (Fsp3) is 0.267. The molecule has 1 heterocycles. The number of nitro benzene ring substituents is 1. The number of non-ortho nitro benzene ring substituents is 1. The van der Waals surface area contributed by atoms with Crippen molar-refractivity contribution in [2.24, 2.45) is 10.7 Å². The Kier molecular flexibility index (Phi) is 9.08. The molecule has 0 spiro atoms. The summed E-state index contributed by atoms with van der Waals surface area (Å²) in [6.45, 7) is 1.92. The highest BCUT2D eigenvalue weighted by molar-refractivity contribution is 14.0. The van der Waals surface area contributed by atoms with Crippen LogP contribution in [0.25, 0.3) is 0 Å². The Labute approximate surface area is 161 Å². The van der Waals surface area contributed by atoms with E-state index in [2.05, 4.69) is 21.7 Å². The molecule has 1 aromatic carbocycles. The van der Waals surface area contributed by atoms with Gasteiger partial charge in [0.15, 0.2) is 5.96 Å². The first-order valence-corrected chi connectivity index (χ1v) is 8.07. The van der Waals surface area contributed by atoms with E-state index in [9.17, 15) is 10.1 Å². The summed E-state index contributed by atoms with van der Waals surface area (Å²) in [6.07, 6.45) is 0.890. The molecule has 0 saturated heterocycles. The van der Waals surface area contributed by atoms with Crippen molar-refractivity contribution in [2.75, 3.05) is 25.0 Å². The Bertz CT molecular complexity index is 646. The number of nitro groups is 1. The van der Waals surface area contributed by atoms with Crippen LogP contribution in [0.4, 0.5) is 11.4 Å². The Morgan fingerprint density at radius 3 is 2.62 bits per heavy atom. The highest BCUT2D eigenvalue weighted by Gasteiger charge is 2.03. The van der Waals surface area contributed by atoms with Gasteiger partial charge in [0, 0.05) is 48.8 Å². The quantitative estimate of drug-likeness (QED) is 0.140. The Morgan fingerprint density at radius 1 is 1.25 bits per heavy atom. The standard InChI is InChI=1S/C15H19N5O2S.HI/c16-15(18-8-7-14-2-1-11-23-14)19-10-9-17-12-3-5-13(6-4-12)20(21)22;/h1-6,11,17H,7-10H2,(H3,16,18,19);1H. The lowest BCUT2D eigenvalue weighted by Crippen LogP contribution is -2.35. The number of thiophene rings is 1. The van der Waals surface area contributed by atoms with Crippen LogP contribution < -0.4 is 16.4 Å². The van der Waals surface area contributed by atoms with Crippen LogP contribution in [0.1, 0.15) is 4.88 Å². The molecule has 4 N–H and O–H groups in total. The fourth-order valence-electron chi connectivity index (χ4n) is 1.90. The molecule has 0 aliphatic heterocycles. The maximum absolute atomic E-state index is 10.6. The summed E-state index contributed by atoms with van der Waals surface area (Å²) in [5.41, 5.74) is 6.69. The topological polar surface area (TPSA) is 106 Å². The molecule has 0 unspecified atom stereocenters. The fourth-order valence-corrected chi connectivity index (χ4v) is 2.59. The lowest BCUT2D eigenvalue weighted by atomic mass is 10.3. The highest BCUT2D eigenvalue weighted by Crippen LogP contribution is 2.14. The van der Waals surface area contributed by atoms with Crippen molar-refractivity contribution < 1.29 is 4.92 Å². The van der Waals surface area contributed by atoms with Gasteiger partial charge in [0.25, 0.3) is 5.69 Å². The number of hydrogen-bond acceptors (Lipinski definition) is 5. The lowest BCUT2D eigenvalue weighted by Gasteiger charge is -2.08. The predicted octanol–water partition coefficient (Wildman–Crippen LogP) is 2.83. The van der Waals surface area contributed by atoms with Crippen LogP contribution in [-0.2, 0) is 6.42 Å². The number of hydrogen-bond donors (Lipinski definition) is 3. The van der Waals surface area contributed by atoms with Gasteiger partial charge < -0.3 is 16.4 Å². The van der Waals surface area contributed by atoms with Crippen molar-refractivity contribution >= 4 is 52.6 Å². The molecule has 1 aromatic heterocycles. The molecule has 2 rings (SSSR count). The van der Waals surface area contributed by atoms with E-state index in [4.69, 9.17) is 5.73 Å². The lowest BCUT2D eigenvalue weighted by molar-refractivity contribution is -0.384. The third-order valence-electron chi connectivity index (χ3n) is 3.06. The van der Waals surface area contributed by atoms with Crippen LogP contribution in [-0.4, -0.2) is 30.5 Å². The molecule has 9 heteroatoms. The van der Waals surface area contributed by atoms with Gasteiger partial charge in [-0.15, -0.1) is 35.3 Å². The number of nitrogens with two attached hydrogens (primary N) is 1. The molecule has 0 bridgehead atoms. The number of benzene rings is 1. The van der Waals surface area contributed by atoms with Gasteiger partial charge in [0.2, 0.25) is 0 Å². The summed E-state index contributed by atoms with van der Waals surface area (Å²) in [6, 6.07) is 10.4. The molecule has 7 nitrogen and oxygen atoms in total. The average molecular weight is 461 g/mol. The maximum atomic E-state index is 10.6. The summed E-state index contributed by atoms with van der Waals surface area (Å²) < 4.78 is 0. The molecular formula is C15H20IN5O2S. The van der Waals surface area contributed by atoms with Crippen LogP contribution in [0.3, 0.4) is 0 Å². The van der Waals surface area contributed by atoms with Crippen molar-refractivity contribution in [3.05, 3.63) is 56.8 Å². The van der Waals surface area contributed by atoms with Crippen molar-refractivity contribution in [1.82, 2.24) is 5.32 Å². The zero-order chi connectivity index (χ0) is 16.5. The van der Waals surface area contributed by atoms with Gasteiger partial charge in [-0.1, -0.05) is 6.07 Å². The molecule has 24 heavy (non-hydrogen) atoms. The summed E-state index contributed by atoms with van der Waals surface area (Å²) in [4.78, 5) is 15.7. The van der Waals surface area contributed by atoms with E-state index in [-0.39, 0.29) is 29.7 Å². The molecule has 0 amide bonds. The summed E-state index contributed by atoms with van der Waals surface area (Å²) >= 11 is 1.71. The minimum atomic E-state index is -0.418. The van der Waals surface area contributed by atoms with E-state index in [0.29, 0.717) is 25.6 Å². The maximum Gasteiger partial charge on any atom is 0.269 e. The first kappa shape index (κ1) is 20.2. The van der Waals surface area contributed by atoms with Gasteiger partial charge in [-0.2, -0.15) is 0 Å². The van der Waals surface area contributed by atoms with Crippen molar-refractivity contribution in [3.63, 3.8) is 0 Å². The summed E-state index contributed by atoms with van der Waals surface area (Å²) in [7, 11) is 0. The molecule has 0 aliphatic carbocycles. The number of guanidine groups is 1. The highest BCUT2D eigenvalue weighted by atomic mass is 127. The monoisotopic (exact) mass is 461 g/mol. The molecule has 0 atom stereocenters. The van der Waals surface area contributed by atoms with Crippen LogP contribution in [0.15, 0.2) is 46.8 Å². The Balaban J connectivity index is 0.00000288. The number of nitrogens with one attached hydrogen (secondary N) is 2. The smallest absolute Gasteiger partial charge is 0.269 e.